The van der Waals surface area contributed by atoms with Crippen LogP contribution in [0.5, 0.6) is 0 Å². The van der Waals surface area contributed by atoms with Gasteiger partial charge in [-0.05, 0) is 12.8 Å². The van der Waals surface area contributed by atoms with Gasteiger partial charge in [0, 0.05) is 30.8 Å². The van der Waals surface area contributed by atoms with E-state index < -0.39 is 18.6 Å². The molecule has 0 unspecified atom stereocenters. The lowest BCUT2D eigenvalue weighted by Crippen LogP contribution is -2.46. The van der Waals surface area contributed by atoms with Crippen LogP contribution in [0, 0.1) is 0 Å². The maximum Gasteiger partial charge on any atom is 0.221 e. The molecule has 2 saturated heterocycles. The van der Waals surface area contributed by atoms with Crippen LogP contribution in [0.25, 0.3) is 0 Å². The molecule has 112 valence electrons. The standard InChI is InChI=1S/C9H17NO4.C3H6S2/c1-2-3-7(12)10-8-4-6(11)5-9(13)14-8;1-2-4-5-3-1/h6,8-9,11,13H,2-5H2,1H3,(H,10,12);1-3H2/t6-,8-,9+;/m1./s1. The average Bonchev–Trinajstić information content (AvgIpc) is 2.85. The second-order valence-corrected chi connectivity index (χ2v) is 7.22. The van der Waals surface area contributed by atoms with Crippen molar-refractivity contribution in [3.05, 3.63) is 0 Å². The van der Waals surface area contributed by atoms with Crippen LogP contribution >= 0.6 is 21.6 Å². The summed E-state index contributed by atoms with van der Waals surface area (Å²) in [5.41, 5.74) is 0. The summed E-state index contributed by atoms with van der Waals surface area (Å²) in [7, 11) is 3.98. The Morgan fingerprint density at radius 1 is 1.32 bits per heavy atom. The van der Waals surface area contributed by atoms with E-state index in [9.17, 15) is 9.90 Å². The van der Waals surface area contributed by atoms with Crippen molar-refractivity contribution in [2.45, 2.75) is 57.6 Å². The second-order valence-electron chi connectivity index (χ2n) is 4.52. The number of ether oxygens (including phenoxy) is 1. The molecule has 0 aromatic rings. The van der Waals surface area contributed by atoms with Gasteiger partial charge in [0.1, 0.15) is 6.23 Å². The van der Waals surface area contributed by atoms with Crippen LogP contribution < -0.4 is 5.32 Å². The van der Waals surface area contributed by atoms with Gasteiger partial charge in [-0.1, -0.05) is 28.5 Å². The van der Waals surface area contributed by atoms with Gasteiger partial charge in [0.25, 0.3) is 0 Å². The molecular formula is C12H23NO4S2. The van der Waals surface area contributed by atoms with Crippen LogP contribution in [0.3, 0.4) is 0 Å². The molecule has 3 N–H and O–H groups in total. The van der Waals surface area contributed by atoms with Crippen LogP contribution in [0.4, 0.5) is 0 Å². The Balaban J connectivity index is 0.000000300. The highest BCUT2D eigenvalue weighted by molar-refractivity contribution is 8.77. The molecule has 19 heavy (non-hydrogen) atoms. The summed E-state index contributed by atoms with van der Waals surface area (Å²) in [6, 6.07) is 0. The van der Waals surface area contributed by atoms with Crippen molar-refractivity contribution in [1.82, 2.24) is 5.32 Å². The molecule has 0 bridgehead atoms. The fourth-order valence-corrected chi connectivity index (χ4v) is 4.10. The number of carbonyl (C=O) groups is 1. The minimum Gasteiger partial charge on any atom is -0.393 e. The second kappa shape index (κ2) is 9.88. The van der Waals surface area contributed by atoms with Crippen molar-refractivity contribution in [2.24, 2.45) is 0 Å². The van der Waals surface area contributed by atoms with Crippen LogP contribution in [0.15, 0.2) is 0 Å². The first-order chi connectivity index (χ1) is 9.11. The number of amides is 1. The van der Waals surface area contributed by atoms with Crippen molar-refractivity contribution in [1.29, 1.82) is 0 Å². The van der Waals surface area contributed by atoms with Gasteiger partial charge in [0.05, 0.1) is 6.10 Å². The molecule has 0 radical (unpaired) electrons. The lowest BCUT2D eigenvalue weighted by Gasteiger charge is -2.30. The number of carbonyl (C=O) groups excluding carboxylic acids is 1. The largest absolute Gasteiger partial charge is 0.393 e. The Hall–Kier alpha value is 0.0500. The molecule has 0 aliphatic carbocycles. The molecule has 2 aliphatic rings. The fourth-order valence-electron chi connectivity index (χ4n) is 1.74. The smallest absolute Gasteiger partial charge is 0.221 e. The van der Waals surface area contributed by atoms with Crippen molar-refractivity contribution in [2.75, 3.05) is 11.5 Å². The number of aliphatic hydroxyl groups excluding tert-OH is 2. The van der Waals surface area contributed by atoms with Crippen LogP contribution in [-0.4, -0.2) is 46.2 Å². The molecule has 2 rings (SSSR count). The van der Waals surface area contributed by atoms with Crippen LogP contribution in [-0.2, 0) is 9.53 Å². The third kappa shape index (κ3) is 8.04. The Bertz CT molecular complexity index is 247. The number of nitrogens with one attached hydrogen (secondary N) is 1. The maximum atomic E-state index is 11.2. The van der Waals surface area contributed by atoms with E-state index in [0.29, 0.717) is 12.8 Å². The topological polar surface area (TPSA) is 78.8 Å². The monoisotopic (exact) mass is 309 g/mol. The molecule has 2 aliphatic heterocycles. The zero-order valence-electron chi connectivity index (χ0n) is 11.2. The maximum absolute atomic E-state index is 11.2. The Labute approximate surface area is 122 Å². The first-order valence-electron chi connectivity index (χ1n) is 6.67. The SMILES string of the molecule is C1CSSC1.CCCC(=O)N[C@H]1C[C@@H](O)C[C@@H](O)O1. The molecular weight excluding hydrogens is 286 g/mol. The van der Waals surface area contributed by atoms with Crippen LogP contribution in [0.1, 0.15) is 39.0 Å². The summed E-state index contributed by atoms with van der Waals surface area (Å²) in [4.78, 5) is 11.2. The van der Waals surface area contributed by atoms with Gasteiger partial charge in [-0.25, -0.2) is 0 Å². The molecule has 2 heterocycles. The molecule has 3 atom stereocenters. The van der Waals surface area contributed by atoms with E-state index in [1.165, 1.54) is 17.9 Å². The van der Waals surface area contributed by atoms with E-state index in [0.717, 1.165) is 6.42 Å². The number of hydrogen-bond donors (Lipinski definition) is 3. The molecule has 7 heteroatoms. The predicted octanol–water partition coefficient (Wildman–Crippen LogP) is 1.49. The summed E-state index contributed by atoms with van der Waals surface area (Å²) in [6.07, 6.45) is 1.03. The third-order valence-corrected chi connectivity index (χ3v) is 5.20. The Morgan fingerprint density at radius 2 is 2.00 bits per heavy atom. The molecule has 0 aromatic carbocycles. The first kappa shape index (κ1) is 17.1. The molecule has 0 saturated carbocycles. The van der Waals surface area contributed by atoms with Crippen molar-refractivity contribution >= 4 is 27.5 Å². The third-order valence-electron chi connectivity index (χ3n) is 2.62. The van der Waals surface area contributed by atoms with Gasteiger partial charge < -0.3 is 20.3 Å². The van der Waals surface area contributed by atoms with Gasteiger partial charge in [-0.3, -0.25) is 4.79 Å². The zero-order chi connectivity index (χ0) is 14.1. The number of rotatable bonds is 3. The van der Waals surface area contributed by atoms with Gasteiger partial charge in [-0.2, -0.15) is 0 Å². The van der Waals surface area contributed by atoms with Crippen molar-refractivity contribution < 1.29 is 19.7 Å². The van der Waals surface area contributed by atoms with Gasteiger partial charge >= 0.3 is 0 Å². The van der Waals surface area contributed by atoms with Crippen molar-refractivity contribution in [3.8, 4) is 0 Å². The Kier molecular flexibility index (Phi) is 8.89. The Morgan fingerprint density at radius 3 is 2.47 bits per heavy atom. The summed E-state index contributed by atoms with van der Waals surface area (Å²) in [6.45, 7) is 1.91. The molecule has 5 nitrogen and oxygen atoms in total. The summed E-state index contributed by atoms with van der Waals surface area (Å²) >= 11 is 0. The van der Waals surface area contributed by atoms with E-state index in [2.05, 4.69) is 5.32 Å². The lowest BCUT2D eigenvalue weighted by molar-refractivity contribution is -0.197. The highest BCUT2D eigenvalue weighted by atomic mass is 33.1. The zero-order valence-corrected chi connectivity index (χ0v) is 12.8. The van der Waals surface area contributed by atoms with Crippen molar-refractivity contribution in [3.63, 3.8) is 0 Å². The normalized spacial score (nSPS) is 30.4. The quantitative estimate of drug-likeness (QED) is 0.686. The minimum atomic E-state index is -0.981. The summed E-state index contributed by atoms with van der Waals surface area (Å²) < 4.78 is 5.04. The first-order valence-corrected chi connectivity index (χ1v) is 9.16. The molecule has 1 amide bonds. The average molecular weight is 309 g/mol. The molecule has 0 aromatic heterocycles. The molecule has 2 fully saturated rings. The van der Waals surface area contributed by atoms with Gasteiger partial charge in [-0.15, -0.1) is 0 Å². The van der Waals surface area contributed by atoms with Gasteiger partial charge in [0.15, 0.2) is 6.29 Å². The highest BCUT2D eigenvalue weighted by Crippen LogP contribution is 2.29. The van der Waals surface area contributed by atoms with Gasteiger partial charge in [0.2, 0.25) is 5.91 Å². The molecule has 0 spiro atoms. The van der Waals surface area contributed by atoms with E-state index in [4.69, 9.17) is 9.84 Å². The lowest BCUT2D eigenvalue weighted by atomic mass is 10.1. The highest BCUT2D eigenvalue weighted by Gasteiger charge is 2.27. The fraction of sp³-hybridized carbons (Fsp3) is 0.917. The predicted molar refractivity (Wildman–Crippen MR) is 78.7 cm³/mol. The van der Waals surface area contributed by atoms with E-state index in [1.807, 2.05) is 28.5 Å². The number of aliphatic hydroxyl groups is 2. The summed E-state index contributed by atoms with van der Waals surface area (Å²) in [5.74, 6) is 2.65. The minimum absolute atomic E-state index is 0.112. The van der Waals surface area contributed by atoms with Crippen LogP contribution in [0.2, 0.25) is 0 Å². The van der Waals surface area contributed by atoms with E-state index in [-0.39, 0.29) is 12.3 Å². The van der Waals surface area contributed by atoms with E-state index in [1.54, 1.807) is 0 Å². The number of hydrogen-bond acceptors (Lipinski definition) is 6. The summed E-state index contributed by atoms with van der Waals surface area (Å²) in [5, 5.41) is 21.1. The van der Waals surface area contributed by atoms with E-state index >= 15 is 0 Å².